The van der Waals surface area contributed by atoms with Crippen LogP contribution in [-0.2, 0) is 9.22 Å². The topological polar surface area (TPSA) is 41.6 Å². The molecular weight excluding hydrogens is 232 g/mol. The van der Waals surface area contributed by atoms with E-state index in [4.69, 9.17) is 4.43 Å². The van der Waals surface area contributed by atoms with E-state index in [1.807, 2.05) is 13.8 Å². The zero-order valence-electron chi connectivity index (χ0n) is 11.8. The lowest BCUT2D eigenvalue weighted by Gasteiger charge is -2.33. The van der Waals surface area contributed by atoms with E-state index in [-0.39, 0.29) is 11.4 Å². The van der Waals surface area contributed by atoms with Crippen LogP contribution in [0.15, 0.2) is 12.2 Å². The van der Waals surface area contributed by atoms with E-state index in [1.54, 1.807) is 14.0 Å². The number of carbonyl (C=O) groups is 1. The van der Waals surface area contributed by atoms with Gasteiger partial charge in [-0.2, -0.15) is 0 Å². The molecule has 0 aliphatic carbocycles. The quantitative estimate of drug-likeness (QED) is 0.517. The third kappa shape index (κ3) is 7.30. The molecule has 0 atom stereocenters. The average Bonchev–Trinajstić information content (AvgIpc) is 2.16. The Hall–Kier alpha value is -0.653. The number of hydrogen-bond donors (Lipinski definition) is 1. The summed E-state index contributed by atoms with van der Waals surface area (Å²) < 4.78 is 7.61. The van der Waals surface area contributed by atoms with Gasteiger partial charge < -0.3 is 14.3 Å². The molecular formula is C12H26N2O2Si. The van der Waals surface area contributed by atoms with E-state index in [0.717, 1.165) is 19.5 Å². The summed E-state index contributed by atoms with van der Waals surface area (Å²) in [6.07, 6.45) is 1.10. The summed E-state index contributed by atoms with van der Waals surface area (Å²) >= 11 is 0. The van der Waals surface area contributed by atoms with Crippen LogP contribution >= 0.6 is 0 Å². The van der Waals surface area contributed by atoms with Gasteiger partial charge in [-0.3, -0.25) is 4.79 Å². The van der Waals surface area contributed by atoms with Gasteiger partial charge in [-0.25, -0.2) is 0 Å². The van der Waals surface area contributed by atoms with E-state index in [0.29, 0.717) is 5.57 Å². The van der Waals surface area contributed by atoms with Crippen LogP contribution in [0, 0.1) is 0 Å². The standard InChI is InChI=1S/C12H26N2O2Si/c1-7-8-14(17-16-6)9-12(4,5)13-11(15)10(2)3/h2,7-9,17H2,1,3-6H3,(H,13,15). The first-order chi connectivity index (χ1) is 7.82. The molecule has 0 saturated carbocycles. The number of nitrogens with one attached hydrogen (secondary N) is 1. The van der Waals surface area contributed by atoms with Crippen LogP contribution in [0.3, 0.4) is 0 Å². The van der Waals surface area contributed by atoms with Gasteiger partial charge in [0.15, 0.2) is 0 Å². The first-order valence-electron chi connectivity index (χ1n) is 6.01. The summed E-state index contributed by atoms with van der Waals surface area (Å²) in [6.45, 7) is 13.4. The summed E-state index contributed by atoms with van der Waals surface area (Å²) in [5.41, 5.74) is 0.292. The number of nitrogens with zero attached hydrogens (tertiary/aromatic N) is 1. The molecule has 0 rings (SSSR count). The van der Waals surface area contributed by atoms with Gasteiger partial charge in [-0.1, -0.05) is 13.5 Å². The number of rotatable bonds is 8. The van der Waals surface area contributed by atoms with Crippen molar-refractivity contribution in [2.45, 2.75) is 39.7 Å². The molecule has 4 nitrogen and oxygen atoms in total. The molecule has 17 heavy (non-hydrogen) atoms. The lowest BCUT2D eigenvalue weighted by Crippen LogP contribution is -2.52. The summed E-state index contributed by atoms with van der Waals surface area (Å²) in [7, 11) is 1.10. The fraction of sp³-hybridized carbons (Fsp3) is 0.750. The van der Waals surface area contributed by atoms with Crippen molar-refractivity contribution in [2.75, 3.05) is 20.2 Å². The molecule has 0 bridgehead atoms. The highest BCUT2D eigenvalue weighted by Crippen LogP contribution is 2.07. The van der Waals surface area contributed by atoms with Gasteiger partial charge >= 0.3 is 0 Å². The first-order valence-corrected chi connectivity index (χ1v) is 7.22. The minimum absolute atomic E-state index is 0.0782. The minimum Gasteiger partial charge on any atom is -0.411 e. The second-order valence-corrected chi connectivity index (χ2v) is 6.82. The van der Waals surface area contributed by atoms with Crippen molar-refractivity contribution in [3.8, 4) is 0 Å². The van der Waals surface area contributed by atoms with Crippen LogP contribution < -0.4 is 5.32 Å². The second-order valence-electron chi connectivity index (χ2n) is 5.09. The molecule has 0 aliphatic rings. The average molecular weight is 258 g/mol. The molecule has 100 valence electrons. The van der Waals surface area contributed by atoms with E-state index >= 15 is 0 Å². The number of amides is 1. The predicted molar refractivity (Wildman–Crippen MR) is 74.5 cm³/mol. The zero-order chi connectivity index (χ0) is 13.5. The van der Waals surface area contributed by atoms with Gasteiger partial charge in [-0.05, 0) is 33.7 Å². The van der Waals surface area contributed by atoms with Gasteiger partial charge in [0.2, 0.25) is 15.8 Å². The van der Waals surface area contributed by atoms with Crippen LogP contribution in [0.1, 0.15) is 34.1 Å². The van der Waals surface area contributed by atoms with Crippen molar-refractivity contribution in [2.24, 2.45) is 0 Å². The second kappa shape index (κ2) is 7.63. The Kier molecular flexibility index (Phi) is 7.34. The molecule has 0 unspecified atom stereocenters. The molecule has 0 radical (unpaired) electrons. The molecule has 0 aromatic heterocycles. The van der Waals surface area contributed by atoms with Crippen molar-refractivity contribution in [3.05, 3.63) is 12.2 Å². The van der Waals surface area contributed by atoms with Crippen LogP contribution in [0.4, 0.5) is 0 Å². The molecule has 0 saturated heterocycles. The number of carbonyl (C=O) groups excluding carboxylic acids is 1. The Morgan fingerprint density at radius 2 is 2.12 bits per heavy atom. The molecule has 0 heterocycles. The van der Waals surface area contributed by atoms with Crippen molar-refractivity contribution < 1.29 is 9.22 Å². The smallest absolute Gasteiger partial charge is 0.246 e. The first kappa shape index (κ1) is 16.3. The van der Waals surface area contributed by atoms with Crippen molar-refractivity contribution in [1.29, 1.82) is 0 Å². The summed E-state index contributed by atoms with van der Waals surface area (Å²) in [5.74, 6) is -0.0782. The minimum atomic E-state index is -0.649. The molecule has 0 aromatic rings. The van der Waals surface area contributed by atoms with Gasteiger partial charge in [0.1, 0.15) is 0 Å². The van der Waals surface area contributed by atoms with E-state index < -0.39 is 9.92 Å². The lowest BCUT2D eigenvalue weighted by atomic mass is 10.1. The Bertz CT molecular complexity index is 261. The highest BCUT2D eigenvalue weighted by atomic mass is 28.2. The van der Waals surface area contributed by atoms with E-state index in [1.165, 1.54) is 0 Å². The fourth-order valence-corrected chi connectivity index (χ4v) is 3.16. The van der Waals surface area contributed by atoms with Crippen LogP contribution in [0.5, 0.6) is 0 Å². The van der Waals surface area contributed by atoms with Gasteiger partial charge in [0, 0.05) is 24.8 Å². The Morgan fingerprint density at radius 3 is 2.53 bits per heavy atom. The Morgan fingerprint density at radius 1 is 1.53 bits per heavy atom. The van der Waals surface area contributed by atoms with Crippen molar-refractivity contribution >= 4 is 15.8 Å². The molecule has 0 fully saturated rings. The largest absolute Gasteiger partial charge is 0.411 e. The van der Waals surface area contributed by atoms with E-state index in [9.17, 15) is 4.79 Å². The predicted octanol–water partition coefficient (Wildman–Crippen LogP) is 0.814. The molecule has 1 amide bonds. The molecule has 0 aromatic carbocycles. The SMILES string of the molecule is C=C(C)C(=O)NC(C)(C)CN(CCC)[SiH2]OC. The van der Waals surface area contributed by atoms with Gasteiger partial charge in [0.05, 0.1) is 0 Å². The third-order valence-electron chi connectivity index (χ3n) is 2.31. The van der Waals surface area contributed by atoms with Crippen LogP contribution in [0.2, 0.25) is 0 Å². The molecule has 0 spiro atoms. The highest BCUT2D eigenvalue weighted by Gasteiger charge is 2.23. The van der Waals surface area contributed by atoms with E-state index in [2.05, 4.69) is 23.4 Å². The van der Waals surface area contributed by atoms with Crippen LogP contribution in [-0.4, -0.2) is 46.1 Å². The van der Waals surface area contributed by atoms with Gasteiger partial charge in [0.25, 0.3) is 0 Å². The maximum absolute atomic E-state index is 11.6. The Balaban J connectivity index is 4.37. The van der Waals surface area contributed by atoms with Gasteiger partial charge in [-0.15, -0.1) is 0 Å². The highest BCUT2D eigenvalue weighted by molar-refractivity contribution is 6.23. The monoisotopic (exact) mass is 258 g/mol. The molecule has 5 heteroatoms. The molecule has 1 N–H and O–H groups in total. The van der Waals surface area contributed by atoms with Crippen molar-refractivity contribution in [1.82, 2.24) is 9.88 Å². The molecule has 0 aliphatic heterocycles. The third-order valence-corrected chi connectivity index (χ3v) is 3.47. The zero-order valence-corrected chi connectivity index (χ0v) is 13.2. The fourth-order valence-electron chi connectivity index (χ4n) is 1.70. The normalized spacial score (nSPS) is 12.4. The Labute approximate surface area is 107 Å². The number of hydrogen-bond acceptors (Lipinski definition) is 3. The summed E-state index contributed by atoms with van der Waals surface area (Å²) in [5, 5.41) is 2.99. The maximum atomic E-state index is 11.6. The maximum Gasteiger partial charge on any atom is 0.246 e. The lowest BCUT2D eigenvalue weighted by molar-refractivity contribution is -0.119. The summed E-state index contributed by atoms with van der Waals surface area (Å²) in [6, 6.07) is 0. The van der Waals surface area contributed by atoms with Crippen molar-refractivity contribution in [3.63, 3.8) is 0 Å². The van der Waals surface area contributed by atoms with Crippen LogP contribution in [0.25, 0.3) is 0 Å². The summed E-state index contributed by atoms with van der Waals surface area (Å²) in [4.78, 5) is 11.6.